The van der Waals surface area contributed by atoms with Crippen LogP contribution in [-0.2, 0) is 27.6 Å². The fourth-order valence-corrected chi connectivity index (χ4v) is 4.89. The van der Waals surface area contributed by atoms with Crippen molar-refractivity contribution in [2.75, 3.05) is 18.1 Å². The van der Waals surface area contributed by atoms with Crippen LogP contribution in [0, 0.1) is 0 Å². The SMILES string of the molecule is CCOc1ccc(CC(=O)N(Cc2ccco2)[C@@H]2CCS(=O)(=O)C2)cc1. The number of hydrogen-bond acceptors (Lipinski definition) is 5. The normalized spacial score (nSPS) is 18.6. The quantitative estimate of drug-likeness (QED) is 0.741. The van der Waals surface area contributed by atoms with E-state index in [2.05, 4.69) is 0 Å². The van der Waals surface area contributed by atoms with Crippen LogP contribution in [-0.4, -0.2) is 43.4 Å². The Balaban J connectivity index is 1.73. The molecular weight excluding hydrogens is 354 g/mol. The van der Waals surface area contributed by atoms with E-state index < -0.39 is 9.84 Å². The van der Waals surface area contributed by atoms with Crippen LogP contribution in [0.15, 0.2) is 47.1 Å². The smallest absolute Gasteiger partial charge is 0.227 e. The highest BCUT2D eigenvalue weighted by atomic mass is 32.2. The number of benzene rings is 1. The zero-order chi connectivity index (χ0) is 18.6. The van der Waals surface area contributed by atoms with E-state index in [0.29, 0.717) is 18.8 Å². The first-order valence-electron chi connectivity index (χ1n) is 8.71. The van der Waals surface area contributed by atoms with Crippen LogP contribution in [0.3, 0.4) is 0 Å². The standard InChI is InChI=1S/C19H23NO5S/c1-2-24-17-7-5-15(6-8-17)12-19(21)20(13-18-4-3-10-25-18)16-9-11-26(22,23)14-16/h3-8,10,16H,2,9,11-14H2,1H3/t16-/m1/s1. The minimum Gasteiger partial charge on any atom is -0.494 e. The average molecular weight is 377 g/mol. The van der Waals surface area contributed by atoms with E-state index in [1.165, 1.54) is 0 Å². The lowest BCUT2D eigenvalue weighted by atomic mass is 10.1. The molecule has 26 heavy (non-hydrogen) atoms. The number of rotatable bonds is 7. The molecule has 6 nitrogen and oxygen atoms in total. The molecular formula is C19H23NO5S. The summed E-state index contributed by atoms with van der Waals surface area (Å²) in [6.07, 6.45) is 2.23. The highest BCUT2D eigenvalue weighted by molar-refractivity contribution is 7.91. The molecule has 2 heterocycles. The number of amides is 1. The molecule has 1 fully saturated rings. The van der Waals surface area contributed by atoms with Crippen molar-refractivity contribution in [1.29, 1.82) is 0 Å². The van der Waals surface area contributed by atoms with E-state index in [0.717, 1.165) is 11.3 Å². The molecule has 0 unspecified atom stereocenters. The largest absolute Gasteiger partial charge is 0.494 e. The predicted molar refractivity (Wildman–Crippen MR) is 97.6 cm³/mol. The van der Waals surface area contributed by atoms with Gasteiger partial charge in [-0.15, -0.1) is 0 Å². The molecule has 0 aliphatic carbocycles. The Hall–Kier alpha value is -2.28. The minimum absolute atomic E-state index is 0.0166. The fourth-order valence-electron chi connectivity index (χ4n) is 3.16. The fraction of sp³-hybridized carbons (Fsp3) is 0.421. The number of carbonyl (C=O) groups is 1. The van der Waals surface area contributed by atoms with Crippen molar-refractivity contribution in [3.05, 3.63) is 54.0 Å². The maximum absolute atomic E-state index is 12.9. The van der Waals surface area contributed by atoms with Crippen LogP contribution in [0.2, 0.25) is 0 Å². The molecule has 1 aliphatic heterocycles. The monoisotopic (exact) mass is 377 g/mol. The van der Waals surface area contributed by atoms with Crippen LogP contribution in [0.1, 0.15) is 24.7 Å². The number of sulfone groups is 1. The molecule has 1 amide bonds. The zero-order valence-electron chi connectivity index (χ0n) is 14.8. The molecule has 3 rings (SSSR count). The molecule has 1 saturated heterocycles. The summed E-state index contributed by atoms with van der Waals surface area (Å²) in [5.74, 6) is 1.45. The Morgan fingerprint density at radius 2 is 2.04 bits per heavy atom. The first kappa shape index (κ1) is 18.5. The Bertz CT molecular complexity index is 827. The number of ether oxygens (including phenoxy) is 1. The maximum atomic E-state index is 12.9. The summed E-state index contributed by atoms with van der Waals surface area (Å²) in [5.41, 5.74) is 0.865. The summed E-state index contributed by atoms with van der Waals surface area (Å²) in [4.78, 5) is 14.5. The zero-order valence-corrected chi connectivity index (χ0v) is 15.6. The lowest BCUT2D eigenvalue weighted by Gasteiger charge is -2.27. The Morgan fingerprint density at radius 3 is 2.62 bits per heavy atom. The topological polar surface area (TPSA) is 76.8 Å². The van der Waals surface area contributed by atoms with Crippen molar-refractivity contribution in [3.8, 4) is 5.75 Å². The van der Waals surface area contributed by atoms with Gasteiger partial charge in [0.05, 0.1) is 37.3 Å². The van der Waals surface area contributed by atoms with Gasteiger partial charge in [-0.3, -0.25) is 4.79 Å². The van der Waals surface area contributed by atoms with Crippen molar-refractivity contribution in [2.24, 2.45) is 0 Å². The van der Waals surface area contributed by atoms with Crippen molar-refractivity contribution < 1.29 is 22.4 Å². The van der Waals surface area contributed by atoms with Crippen molar-refractivity contribution >= 4 is 15.7 Å². The Kier molecular flexibility index (Phi) is 5.66. The van der Waals surface area contributed by atoms with Crippen LogP contribution in [0.25, 0.3) is 0 Å². The summed E-state index contributed by atoms with van der Waals surface area (Å²) in [6.45, 7) is 2.79. The summed E-state index contributed by atoms with van der Waals surface area (Å²) >= 11 is 0. The minimum atomic E-state index is -3.08. The van der Waals surface area contributed by atoms with Gasteiger partial charge in [0.1, 0.15) is 11.5 Å². The van der Waals surface area contributed by atoms with Crippen LogP contribution >= 0.6 is 0 Å². The third kappa shape index (κ3) is 4.66. The van der Waals surface area contributed by atoms with Gasteiger partial charge in [-0.2, -0.15) is 0 Å². The van der Waals surface area contributed by atoms with Gasteiger partial charge in [-0.25, -0.2) is 8.42 Å². The first-order valence-corrected chi connectivity index (χ1v) is 10.5. The van der Waals surface area contributed by atoms with Gasteiger partial charge in [0.25, 0.3) is 0 Å². The van der Waals surface area contributed by atoms with Crippen LogP contribution < -0.4 is 4.74 Å². The maximum Gasteiger partial charge on any atom is 0.227 e. The molecule has 7 heteroatoms. The van der Waals surface area contributed by atoms with E-state index >= 15 is 0 Å². The highest BCUT2D eigenvalue weighted by Gasteiger charge is 2.35. The van der Waals surface area contributed by atoms with Gasteiger partial charge in [-0.05, 0) is 43.2 Å². The summed E-state index contributed by atoms with van der Waals surface area (Å²) < 4.78 is 34.5. The lowest BCUT2D eigenvalue weighted by molar-refractivity contribution is -0.133. The molecule has 0 saturated carbocycles. The van der Waals surface area contributed by atoms with Gasteiger partial charge < -0.3 is 14.1 Å². The van der Waals surface area contributed by atoms with E-state index in [9.17, 15) is 13.2 Å². The van der Waals surface area contributed by atoms with Gasteiger partial charge in [0.15, 0.2) is 9.84 Å². The van der Waals surface area contributed by atoms with E-state index in [1.807, 2.05) is 31.2 Å². The third-order valence-corrected chi connectivity index (χ3v) is 6.22. The van der Waals surface area contributed by atoms with Gasteiger partial charge in [-0.1, -0.05) is 12.1 Å². The van der Waals surface area contributed by atoms with E-state index in [1.54, 1.807) is 23.3 Å². The van der Waals surface area contributed by atoms with Crippen molar-refractivity contribution in [1.82, 2.24) is 4.90 Å². The second kappa shape index (κ2) is 7.95. The van der Waals surface area contributed by atoms with E-state index in [4.69, 9.17) is 9.15 Å². The molecule has 1 aromatic heterocycles. The summed E-state index contributed by atoms with van der Waals surface area (Å²) in [7, 11) is -3.08. The number of furan rings is 1. The highest BCUT2D eigenvalue weighted by Crippen LogP contribution is 2.22. The molecule has 0 N–H and O–H groups in total. The Morgan fingerprint density at radius 1 is 1.27 bits per heavy atom. The second-order valence-electron chi connectivity index (χ2n) is 6.41. The molecule has 0 bridgehead atoms. The number of carbonyl (C=O) groups excluding carboxylic acids is 1. The Labute approximate surface area is 153 Å². The number of nitrogens with zero attached hydrogens (tertiary/aromatic N) is 1. The van der Waals surface area contributed by atoms with E-state index in [-0.39, 0.29) is 36.4 Å². The van der Waals surface area contributed by atoms with Crippen molar-refractivity contribution in [2.45, 2.75) is 32.4 Å². The van der Waals surface area contributed by atoms with Gasteiger partial charge in [0, 0.05) is 6.04 Å². The van der Waals surface area contributed by atoms with Crippen LogP contribution in [0.5, 0.6) is 5.75 Å². The average Bonchev–Trinajstić information content (AvgIpc) is 3.23. The molecule has 1 atom stereocenters. The molecule has 1 aliphatic rings. The first-order chi connectivity index (χ1) is 12.5. The van der Waals surface area contributed by atoms with Gasteiger partial charge in [0.2, 0.25) is 5.91 Å². The summed E-state index contributed by atoms with van der Waals surface area (Å²) in [5, 5.41) is 0. The molecule has 0 spiro atoms. The summed E-state index contributed by atoms with van der Waals surface area (Å²) in [6, 6.07) is 10.6. The molecule has 1 aromatic carbocycles. The van der Waals surface area contributed by atoms with Crippen molar-refractivity contribution in [3.63, 3.8) is 0 Å². The number of hydrogen-bond donors (Lipinski definition) is 0. The predicted octanol–water partition coefficient (Wildman–Crippen LogP) is 2.44. The molecule has 0 radical (unpaired) electrons. The third-order valence-electron chi connectivity index (χ3n) is 4.47. The second-order valence-corrected chi connectivity index (χ2v) is 8.64. The lowest BCUT2D eigenvalue weighted by Crippen LogP contribution is -2.41. The van der Waals surface area contributed by atoms with Gasteiger partial charge >= 0.3 is 0 Å². The molecule has 2 aromatic rings. The van der Waals surface area contributed by atoms with Crippen LogP contribution in [0.4, 0.5) is 0 Å². The molecule has 140 valence electrons.